The highest BCUT2D eigenvalue weighted by molar-refractivity contribution is 6.30. The van der Waals surface area contributed by atoms with Gasteiger partial charge in [-0.25, -0.2) is 4.99 Å². The predicted octanol–water partition coefficient (Wildman–Crippen LogP) is 8.87. The third kappa shape index (κ3) is 6.04. The topological polar surface area (TPSA) is 67.8 Å². The van der Waals surface area contributed by atoms with Crippen LogP contribution in [0.4, 0.5) is 5.88 Å². The summed E-state index contributed by atoms with van der Waals surface area (Å²) in [6.45, 7) is 2.78. The van der Waals surface area contributed by atoms with Crippen molar-refractivity contribution in [1.82, 2.24) is 0 Å². The van der Waals surface area contributed by atoms with Crippen molar-refractivity contribution in [3.63, 3.8) is 0 Å². The van der Waals surface area contributed by atoms with Crippen LogP contribution in [0.5, 0.6) is 11.5 Å². The van der Waals surface area contributed by atoms with E-state index in [0.29, 0.717) is 41.1 Å². The monoisotopic (exact) mass is 532 g/mol. The highest BCUT2D eigenvalue weighted by Gasteiger charge is 2.22. The Morgan fingerprint density at radius 1 is 0.846 bits per heavy atom. The molecule has 0 spiro atoms. The van der Waals surface area contributed by atoms with Gasteiger partial charge in [0.25, 0.3) is 0 Å². The van der Waals surface area contributed by atoms with Crippen LogP contribution in [0.3, 0.4) is 0 Å². The molecule has 1 heterocycles. The van der Waals surface area contributed by atoms with Gasteiger partial charge in [0.2, 0.25) is 5.88 Å². The molecule has 0 fully saturated rings. The molecule has 0 saturated heterocycles. The lowest BCUT2D eigenvalue weighted by molar-refractivity contribution is 0.269. The second-order valence-electron chi connectivity index (χ2n) is 8.64. The summed E-state index contributed by atoms with van der Waals surface area (Å²) in [5.74, 6) is 2.07. The summed E-state index contributed by atoms with van der Waals surface area (Å²) >= 11 is 5.98. The second kappa shape index (κ2) is 12.2. The minimum Gasteiger partial charge on any atom is -0.490 e. The van der Waals surface area contributed by atoms with Crippen LogP contribution in [0.2, 0.25) is 5.02 Å². The fourth-order valence-corrected chi connectivity index (χ4v) is 4.28. The standard InChI is InChI=1S/C33H25ClN2O3/c1-2-37-30-19-24(15-18-29(30)38-22-23-13-16-27(34)17-14-23)21-36-33-28(20-35)31(25-9-5-3-6-10-25)32(39-33)26-11-7-4-8-12-26/h3-19,21H,2,22H2,1H3. The molecule has 192 valence electrons. The first-order chi connectivity index (χ1) is 19.2. The molecule has 0 aliphatic heterocycles. The Hall–Kier alpha value is -4.79. The van der Waals surface area contributed by atoms with Crippen LogP contribution < -0.4 is 9.47 Å². The van der Waals surface area contributed by atoms with Crippen molar-refractivity contribution in [2.24, 2.45) is 4.99 Å². The van der Waals surface area contributed by atoms with Crippen LogP contribution in [-0.2, 0) is 6.61 Å². The largest absolute Gasteiger partial charge is 0.490 e. The van der Waals surface area contributed by atoms with Gasteiger partial charge in [-0.3, -0.25) is 0 Å². The van der Waals surface area contributed by atoms with Gasteiger partial charge in [0.15, 0.2) is 11.5 Å². The number of benzene rings is 4. The van der Waals surface area contributed by atoms with Gasteiger partial charge in [0.1, 0.15) is 24.0 Å². The van der Waals surface area contributed by atoms with Gasteiger partial charge in [-0.15, -0.1) is 0 Å². The van der Waals surface area contributed by atoms with Gasteiger partial charge in [-0.2, -0.15) is 5.26 Å². The van der Waals surface area contributed by atoms with Crippen molar-refractivity contribution >= 4 is 23.7 Å². The molecular formula is C33H25ClN2O3. The Labute approximate surface area is 232 Å². The van der Waals surface area contributed by atoms with Crippen molar-refractivity contribution in [3.8, 4) is 40.0 Å². The van der Waals surface area contributed by atoms with Gasteiger partial charge in [0.05, 0.1) is 6.61 Å². The van der Waals surface area contributed by atoms with Crippen LogP contribution in [0.25, 0.3) is 22.5 Å². The van der Waals surface area contributed by atoms with Crippen molar-refractivity contribution in [3.05, 3.63) is 125 Å². The molecule has 0 aliphatic carbocycles. The predicted molar refractivity (Wildman–Crippen MR) is 155 cm³/mol. The van der Waals surface area contributed by atoms with Gasteiger partial charge >= 0.3 is 0 Å². The molecule has 5 rings (SSSR count). The zero-order valence-corrected chi connectivity index (χ0v) is 22.1. The molecule has 1 aromatic heterocycles. The number of nitrogens with zero attached hydrogens (tertiary/aromatic N) is 2. The van der Waals surface area contributed by atoms with Gasteiger partial charge in [0, 0.05) is 22.4 Å². The Morgan fingerprint density at radius 3 is 2.21 bits per heavy atom. The van der Waals surface area contributed by atoms with Crippen molar-refractivity contribution in [2.75, 3.05) is 6.61 Å². The van der Waals surface area contributed by atoms with Crippen LogP contribution >= 0.6 is 11.6 Å². The fourth-order valence-electron chi connectivity index (χ4n) is 4.15. The van der Waals surface area contributed by atoms with Crippen molar-refractivity contribution < 1.29 is 13.9 Å². The third-order valence-corrected chi connectivity index (χ3v) is 6.26. The summed E-state index contributed by atoms with van der Waals surface area (Å²) in [7, 11) is 0. The van der Waals surface area contributed by atoms with E-state index >= 15 is 0 Å². The number of hydrogen-bond acceptors (Lipinski definition) is 5. The maximum Gasteiger partial charge on any atom is 0.238 e. The molecule has 0 saturated carbocycles. The summed E-state index contributed by atoms with van der Waals surface area (Å²) in [4.78, 5) is 4.59. The zero-order chi connectivity index (χ0) is 27.0. The normalized spacial score (nSPS) is 10.9. The molecule has 0 amide bonds. The van der Waals surface area contributed by atoms with Crippen LogP contribution in [0.1, 0.15) is 23.6 Å². The van der Waals surface area contributed by atoms with E-state index in [1.165, 1.54) is 0 Å². The Bertz CT molecular complexity index is 1620. The molecule has 5 aromatic rings. The van der Waals surface area contributed by atoms with Crippen molar-refractivity contribution in [1.29, 1.82) is 5.26 Å². The van der Waals surface area contributed by atoms with E-state index < -0.39 is 0 Å². The summed E-state index contributed by atoms with van der Waals surface area (Å²) in [6.07, 6.45) is 1.66. The van der Waals surface area contributed by atoms with Gasteiger partial charge in [-0.1, -0.05) is 84.4 Å². The number of nitriles is 1. The molecule has 0 N–H and O–H groups in total. The van der Waals surface area contributed by atoms with E-state index in [1.807, 2.05) is 110 Å². The third-order valence-electron chi connectivity index (χ3n) is 6.01. The minimum atomic E-state index is 0.247. The first-order valence-electron chi connectivity index (χ1n) is 12.5. The molecule has 4 aromatic carbocycles. The van der Waals surface area contributed by atoms with E-state index in [1.54, 1.807) is 6.21 Å². The molecule has 0 bridgehead atoms. The SMILES string of the molecule is CCOc1cc(C=Nc2oc(-c3ccccc3)c(-c3ccccc3)c2C#N)ccc1OCc1ccc(Cl)cc1. The van der Waals surface area contributed by atoms with Crippen LogP contribution in [0, 0.1) is 11.3 Å². The lowest BCUT2D eigenvalue weighted by atomic mass is 9.98. The molecule has 39 heavy (non-hydrogen) atoms. The average Bonchev–Trinajstić information content (AvgIpc) is 3.36. The highest BCUT2D eigenvalue weighted by Crippen LogP contribution is 2.42. The number of ether oxygens (including phenoxy) is 2. The molecule has 6 heteroatoms. The minimum absolute atomic E-state index is 0.247. The number of halogens is 1. The van der Waals surface area contributed by atoms with E-state index in [-0.39, 0.29) is 5.88 Å². The summed E-state index contributed by atoms with van der Waals surface area (Å²) in [5, 5.41) is 10.8. The molecule has 0 aliphatic rings. The smallest absolute Gasteiger partial charge is 0.238 e. The summed E-state index contributed by atoms with van der Waals surface area (Å²) in [6, 6.07) is 34.9. The van der Waals surface area contributed by atoms with E-state index in [0.717, 1.165) is 27.8 Å². The maximum atomic E-state index is 10.1. The lowest BCUT2D eigenvalue weighted by Crippen LogP contribution is -2.00. The molecule has 0 radical (unpaired) electrons. The Kier molecular flexibility index (Phi) is 8.06. The molecular weight excluding hydrogens is 508 g/mol. The Morgan fingerprint density at radius 2 is 1.54 bits per heavy atom. The van der Waals surface area contributed by atoms with Crippen molar-refractivity contribution in [2.45, 2.75) is 13.5 Å². The summed E-state index contributed by atoms with van der Waals surface area (Å²) < 4.78 is 18.1. The van der Waals surface area contributed by atoms with Crippen LogP contribution in [-0.4, -0.2) is 12.8 Å². The Balaban J connectivity index is 1.47. The molecule has 0 atom stereocenters. The fraction of sp³-hybridized carbons (Fsp3) is 0.0909. The van der Waals surface area contributed by atoms with E-state index in [9.17, 15) is 5.26 Å². The quantitative estimate of drug-likeness (QED) is 0.178. The van der Waals surface area contributed by atoms with Gasteiger partial charge < -0.3 is 13.9 Å². The second-order valence-corrected chi connectivity index (χ2v) is 9.08. The summed E-state index contributed by atoms with van der Waals surface area (Å²) in [5.41, 5.74) is 4.63. The zero-order valence-electron chi connectivity index (χ0n) is 21.3. The highest BCUT2D eigenvalue weighted by atomic mass is 35.5. The first-order valence-corrected chi connectivity index (χ1v) is 12.9. The number of furan rings is 1. The first kappa shape index (κ1) is 25.8. The average molecular weight is 533 g/mol. The molecule has 5 nitrogen and oxygen atoms in total. The lowest BCUT2D eigenvalue weighted by Gasteiger charge is -2.12. The van der Waals surface area contributed by atoms with E-state index in [2.05, 4.69) is 11.1 Å². The van der Waals surface area contributed by atoms with Gasteiger partial charge in [-0.05, 0) is 53.9 Å². The van der Waals surface area contributed by atoms with Crippen LogP contribution in [0.15, 0.2) is 113 Å². The number of hydrogen-bond donors (Lipinski definition) is 0. The maximum absolute atomic E-state index is 10.1. The number of rotatable bonds is 9. The molecule has 0 unspecified atom stereocenters. The number of aliphatic imine (C=N–C) groups is 1. The van der Waals surface area contributed by atoms with E-state index in [4.69, 9.17) is 25.5 Å².